The number of aromatic amines is 1. The molecule has 7 heteroatoms. The van der Waals surface area contributed by atoms with Crippen molar-refractivity contribution < 1.29 is 14.3 Å². The van der Waals surface area contributed by atoms with Crippen LogP contribution in [0.15, 0.2) is 54.7 Å². The molecule has 1 aromatic heterocycles. The van der Waals surface area contributed by atoms with Gasteiger partial charge in [0.1, 0.15) is 5.75 Å². The molecule has 0 aliphatic carbocycles. The number of carbonyl (C=O) groups is 2. The Kier molecular flexibility index (Phi) is 8.20. The van der Waals surface area contributed by atoms with E-state index in [4.69, 9.17) is 4.74 Å². The summed E-state index contributed by atoms with van der Waals surface area (Å²) in [6, 6.07) is 16.0. The van der Waals surface area contributed by atoms with Gasteiger partial charge < -0.3 is 20.4 Å². The van der Waals surface area contributed by atoms with Gasteiger partial charge in [0, 0.05) is 55.6 Å². The number of carbonyl (C=O) groups excluding carboxylic acids is 2. The Morgan fingerprint density at radius 2 is 2.00 bits per heavy atom. The Balaban J connectivity index is 1.39. The Hall–Kier alpha value is -3.32. The van der Waals surface area contributed by atoms with E-state index in [2.05, 4.69) is 20.5 Å². The zero-order valence-electron chi connectivity index (χ0n) is 19.8. The summed E-state index contributed by atoms with van der Waals surface area (Å²) in [5, 5.41) is 7.21. The number of fused-ring (bicyclic) bond motifs is 1. The molecule has 7 nitrogen and oxygen atoms in total. The predicted molar refractivity (Wildman–Crippen MR) is 133 cm³/mol. The van der Waals surface area contributed by atoms with Gasteiger partial charge >= 0.3 is 0 Å². The fourth-order valence-corrected chi connectivity index (χ4v) is 4.56. The zero-order chi connectivity index (χ0) is 23.8. The van der Waals surface area contributed by atoms with Crippen molar-refractivity contribution in [1.29, 1.82) is 0 Å². The highest BCUT2D eigenvalue weighted by molar-refractivity contribution is 5.84. The number of benzene rings is 2. The molecule has 1 atom stereocenters. The van der Waals surface area contributed by atoms with Crippen LogP contribution in [0.1, 0.15) is 36.8 Å². The highest BCUT2D eigenvalue weighted by Gasteiger charge is 2.21. The highest BCUT2D eigenvalue weighted by Crippen LogP contribution is 2.25. The van der Waals surface area contributed by atoms with Gasteiger partial charge in [-0.05, 0) is 55.1 Å². The van der Waals surface area contributed by atoms with Crippen LogP contribution in [0.4, 0.5) is 0 Å². The average Bonchev–Trinajstić information content (AvgIpc) is 3.25. The second kappa shape index (κ2) is 11.7. The molecule has 1 unspecified atom stereocenters. The number of rotatable bonds is 6. The number of methoxy groups -OCH3 is 1. The fraction of sp³-hybridized carbons (Fsp3) is 0.407. The molecule has 1 fully saturated rings. The fourth-order valence-electron chi connectivity index (χ4n) is 4.56. The molecular formula is C27H34N4O3. The number of H-pyrrole nitrogens is 1. The lowest BCUT2D eigenvalue weighted by atomic mass is 9.98. The maximum atomic E-state index is 12.9. The van der Waals surface area contributed by atoms with Gasteiger partial charge in [-0.15, -0.1) is 0 Å². The zero-order valence-corrected chi connectivity index (χ0v) is 19.8. The van der Waals surface area contributed by atoms with Gasteiger partial charge in [0.05, 0.1) is 7.11 Å². The summed E-state index contributed by atoms with van der Waals surface area (Å²) in [5.41, 5.74) is 3.34. The van der Waals surface area contributed by atoms with Gasteiger partial charge in [0.25, 0.3) is 0 Å². The summed E-state index contributed by atoms with van der Waals surface area (Å²) in [5.74, 6) is 0.819. The summed E-state index contributed by atoms with van der Waals surface area (Å²) in [7, 11) is 1.67. The van der Waals surface area contributed by atoms with Crippen molar-refractivity contribution in [2.75, 3.05) is 26.7 Å². The maximum Gasteiger partial charge on any atom is 0.223 e. The standard InChI is InChI=1S/C27H34N4O3/c1-34-23-9-10-25-24(16-23)22(18-29-25)19-31-14-5-8-21(11-13-28-26(32)12-15-31)27(33)30-17-20-6-3-2-4-7-20/h2-4,6-7,9-10,16,18,21,29H,5,8,11-15,17,19H2,1H3,(H,28,32)(H,30,33). The second-order valence-electron chi connectivity index (χ2n) is 8.93. The van der Waals surface area contributed by atoms with Crippen LogP contribution in [0.25, 0.3) is 10.9 Å². The maximum absolute atomic E-state index is 12.9. The number of ether oxygens (including phenoxy) is 1. The normalized spacial score (nSPS) is 18.1. The van der Waals surface area contributed by atoms with Gasteiger partial charge in [0.2, 0.25) is 11.8 Å². The van der Waals surface area contributed by atoms with Crippen molar-refractivity contribution in [3.8, 4) is 5.75 Å². The summed E-state index contributed by atoms with van der Waals surface area (Å²) in [6.45, 7) is 3.33. The highest BCUT2D eigenvalue weighted by atomic mass is 16.5. The first-order chi connectivity index (χ1) is 16.6. The largest absolute Gasteiger partial charge is 0.497 e. The first-order valence-electron chi connectivity index (χ1n) is 12.1. The van der Waals surface area contributed by atoms with Gasteiger partial charge in [-0.2, -0.15) is 0 Å². The molecule has 3 N–H and O–H groups in total. The van der Waals surface area contributed by atoms with Crippen LogP contribution in [0.2, 0.25) is 0 Å². The Morgan fingerprint density at radius 3 is 2.82 bits per heavy atom. The van der Waals surface area contributed by atoms with Gasteiger partial charge in [-0.1, -0.05) is 30.3 Å². The summed E-state index contributed by atoms with van der Waals surface area (Å²) in [6.07, 6.45) is 4.86. The predicted octanol–water partition coefficient (Wildman–Crippen LogP) is 3.60. The number of hydrogen-bond donors (Lipinski definition) is 3. The molecule has 0 saturated carbocycles. The van der Waals surface area contributed by atoms with E-state index in [9.17, 15) is 9.59 Å². The number of amides is 2. The molecule has 1 saturated heterocycles. The molecule has 2 heterocycles. The van der Waals surface area contributed by atoms with Crippen molar-refractivity contribution >= 4 is 22.7 Å². The third kappa shape index (κ3) is 6.38. The van der Waals surface area contributed by atoms with Crippen molar-refractivity contribution in [2.24, 2.45) is 5.92 Å². The van der Waals surface area contributed by atoms with Crippen LogP contribution in [0.5, 0.6) is 5.75 Å². The van der Waals surface area contributed by atoms with E-state index < -0.39 is 0 Å². The molecule has 3 aromatic rings. The van der Waals surface area contributed by atoms with Crippen molar-refractivity contribution in [3.05, 3.63) is 65.9 Å². The van der Waals surface area contributed by atoms with E-state index >= 15 is 0 Å². The first-order valence-corrected chi connectivity index (χ1v) is 12.1. The summed E-state index contributed by atoms with van der Waals surface area (Å²) >= 11 is 0. The molecule has 0 radical (unpaired) electrons. The first kappa shape index (κ1) is 23.8. The van der Waals surface area contributed by atoms with E-state index in [0.717, 1.165) is 48.1 Å². The van der Waals surface area contributed by atoms with Crippen molar-refractivity contribution in [2.45, 2.75) is 38.8 Å². The minimum atomic E-state index is -0.110. The third-order valence-electron chi connectivity index (χ3n) is 6.55. The SMILES string of the molecule is COc1ccc2[nH]cc(CN3CCCC(C(=O)NCc4ccccc4)CCNC(=O)CC3)c2c1. The van der Waals surface area contributed by atoms with Crippen molar-refractivity contribution in [1.82, 2.24) is 20.5 Å². The minimum absolute atomic E-state index is 0.0379. The summed E-state index contributed by atoms with van der Waals surface area (Å²) < 4.78 is 5.40. The molecule has 180 valence electrons. The van der Waals surface area contributed by atoms with Crippen molar-refractivity contribution in [3.63, 3.8) is 0 Å². The summed E-state index contributed by atoms with van der Waals surface area (Å²) in [4.78, 5) is 30.9. The Bertz CT molecular complexity index is 1100. The molecule has 4 rings (SSSR count). The monoisotopic (exact) mass is 462 g/mol. The van der Waals surface area contributed by atoms with E-state index in [1.807, 2.05) is 54.7 Å². The van der Waals surface area contributed by atoms with Gasteiger partial charge in [0.15, 0.2) is 0 Å². The number of nitrogens with one attached hydrogen (secondary N) is 3. The molecule has 1 aliphatic rings. The van der Waals surface area contributed by atoms with Gasteiger partial charge in [-0.3, -0.25) is 14.5 Å². The molecule has 0 bridgehead atoms. The van der Waals surface area contributed by atoms with E-state index in [0.29, 0.717) is 32.5 Å². The molecule has 34 heavy (non-hydrogen) atoms. The van der Waals surface area contributed by atoms with E-state index in [1.165, 1.54) is 5.56 Å². The van der Waals surface area contributed by atoms with Crippen LogP contribution in [0, 0.1) is 5.92 Å². The van der Waals surface area contributed by atoms with E-state index in [1.54, 1.807) is 7.11 Å². The second-order valence-corrected chi connectivity index (χ2v) is 8.93. The van der Waals surface area contributed by atoms with Crippen LogP contribution >= 0.6 is 0 Å². The molecule has 2 amide bonds. The Labute approximate surface area is 200 Å². The van der Waals surface area contributed by atoms with Crippen LogP contribution in [0.3, 0.4) is 0 Å². The number of aromatic nitrogens is 1. The molecule has 0 spiro atoms. The molecular weight excluding hydrogens is 428 g/mol. The van der Waals surface area contributed by atoms with E-state index in [-0.39, 0.29) is 17.7 Å². The van der Waals surface area contributed by atoms with Crippen LogP contribution in [-0.4, -0.2) is 48.4 Å². The lowest BCUT2D eigenvalue weighted by Gasteiger charge is -2.22. The van der Waals surface area contributed by atoms with Gasteiger partial charge in [-0.25, -0.2) is 0 Å². The number of hydrogen-bond acceptors (Lipinski definition) is 4. The number of nitrogens with zero attached hydrogens (tertiary/aromatic N) is 1. The minimum Gasteiger partial charge on any atom is -0.497 e. The topological polar surface area (TPSA) is 86.5 Å². The van der Waals surface area contributed by atoms with Crippen LogP contribution in [-0.2, 0) is 22.7 Å². The smallest absolute Gasteiger partial charge is 0.223 e. The quantitative estimate of drug-likeness (QED) is 0.522. The molecule has 1 aliphatic heterocycles. The third-order valence-corrected chi connectivity index (χ3v) is 6.55. The lowest BCUT2D eigenvalue weighted by Crippen LogP contribution is -2.33. The lowest BCUT2D eigenvalue weighted by molar-refractivity contribution is -0.126. The molecule has 2 aromatic carbocycles. The average molecular weight is 463 g/mol. The Morgan fingerprint density at radius 1 is 1.15 bits per heavy atom. The van der Waals surface area contributed by atoms with Crippen LogP contribution < -0.4 is 15.4 Å².